The number of hydrogen-bond donors (Lipinski definition) is 0. The Balaban J connectivity index is 1.22. The van der Waals surface area contributed by atoms with Crippen LogP contribution < -0.4 is 19.1 Å². The third kappa shape index (κ3) is 6.41. The fourth-order valence-electron chi connectivity index (χ4n) is 12.6. The van der Waals surface area contributed by atoms with E-state index in [4.69, 9.17) is 28.4 Å². The van der Waals surface area contributed by atoms with E-state index in [-0.39, 0.29) is 22.2 Å². The first kappa shape index (κ1) is 40.4. The molecule has 0 radical (unpaired) electrons. The summed E-state index contributed by atoms with van der Waals surface area (Å²) in [7, 11) is 6.91. The number of benzene rings is 4. The second-order valence-corrected chi connectivity index (χ2v) is 19.5. The number of anilines is 1. The van der Waals surface area contributed by atoms with E-state index in [2.05, 4.69) is 118 Å². The Kier molecular flexibility index (Phi) is 9.78. The zero-order chi connectivity index (χ0) is 43.0. The van der Waals surface area contributed by atoms with E-state index >= 15 is 0 Å². The highest BCUT2D eigenvalue weighted by atomic mass is 16.5. The Morgan fingerprint density at radius 3 is 2.00 bits per heavy atom. The minimum atomic E-state index is -0.932. The van der Waals surface area contributed by atoms with Crippen LogP contribution in [0.25, 0.3) is 11.1 Å². The normalized spacial score (nSPS) is 24.1. The van der Waals surface area contributed by atoms with Crippen LogP contribution in [0, 0.1) is 16.7 Å². The number of hydrogen-bond acceptors (Lipinski definition) is 7. The zero-order valence-electron chi connectivity index (χ0n) is 37.5. The maximum Gasteiger partial charge on any atom is 0.178 e. The number of morpholine rings is 1. The van der Waals surface area contributed by atoms with Gasteiger partial charge in [-0.05, 0) is 107 Å². The molecule has 4 aliphatic carbocycles. The summed E-state index contributed by atoms with van der Waals surface area (Å²) in [6.07, 6.45) is 11.0. The molecular formula is C55H59NO6. The van der Waals surface area contributed by atoms with Gasteiger partial charge in [-0.15, -0.1) is 0 Å². The SMILES string of the molecule is COC1=C(c2ccc(OC)cc2OC)CC2C(=C1)C1=C(C=CC(c3ccc(OC)cc3)(c3ccc(N4CCOCC4)cc3)O1)C1=C2c2ccccc2C12CC(C)(C)CC(C)(C)C2. The molecule has 0 amide bonds. The van der Waals surface area contributed by atoms with Crippen LogP contribution in [0.5, 0.6) is 17.2 Å². The number of fused-ring (bicyclic) bond motifs is 8. The lowest BCUT2D eigenvalue weighted by Gasteiger charge is -2.53. The Morgan fingerprint density at radius 1 is 0.677 bits per heavy atom. The quantitative estimate of drug-likeness (QED) is 0.175. The predicted molar refractivity (Wildman–Crippen MR) is 247 cm³/mol. The number of methoxy groups -OCH3 is 4. The van der Waals surface area contributed by atoms with Crippen molar-refractivity contribution in [1.29, 1.82) is 0 Å². The van der Waals surface area contributed by atoms with Crippen molar-refractivity contribution in [2.45, 2.75) is 64.4 Å². The standard InChI is InChI=1S/C55H59NO6/c1-52(2)32-53(3,4)34-54(33-52)46-12-10-9-11-41(46)49-44-30-43(40-22-21-39(58-6)29-47(40)59-7)48(60-8)31-45(44)51-42(50(49)54)23-24-55(62-51,36-15-19-38(57-5)20-16-36)35-13-17-37(18-14-35)56-25-27-61-28-26-56/h9-24,29,31,44H,25-28,30,32-34H2,1-8H3. The van der Waals surface area contributed by atoms with Gasteiger partial charge in [0.05, 0.1) is 41.7 Å². The topological polar surface area (TPSA) is 58.6 Å². The lowest BCUT2D eigenvalue weighted by molar-refractivity contribution is 0.0588. The van der Waals surface area contributed by atoms with E-state index in [1.807, 2.05) is 24.3 Å². The Bertz CT molecular complexity index is 2570. The first-order valence-corrected chi connectivity index (χ1v) is 22.2. The Labute approximate surface area is 367 Å². The maximum atomic E-state index is 7.93. The third-order valence-electron chi connectivity index (χ3n) is 14.4. The van der Waals surface area contributed by atoms with Crippen molar-refractivity contribution in [2.24, 2.45) is 16.7 Å². The van der Waals surface area contributed by atoms with E-state index in [1.165, 1.54) is 40.0 Å². The van der Waals surface area contributed by atoms with Gasteiger partial charge in [0.25, 0.3) is 0 Å². The first-order chi connectivity index (χ1) is 29.9. The van der Waals surface area contributed by atoms with Crippen LogP contribution in [0.3, 0.4) is 0 Å². The molecule has 1 saturated carbocycles. The molecule has 4 aromatic rings. The number of ether oxygens (including phenoxy) is 6. The second-order valence-electron chi connectivity index (χ2n) is 19.5. The Morgan fingerprint density at radius 2 is 1.34 bits per heavy atom. The maximum absolute atomic E-state index is 7.93. The highest BCUT2D eigenvalue weighted by molar-refractivity contribution is 5.93. The van der Waals surface area contributed by atoms with Crippen molar-refractivity contribution >= 4 is 16.8 Å². The summed E-state index contributed by atoms with van der Waals surface area (Å²) in [5.41, 5.74) is 12.4. The Hall–Kier alpha value is -5.66. The molecule has 10 rings (SSSR count). The molecule has 7 heteroatoms. The molecular weight excluding hydrogens is 771 g/mol. The molecule has 2 heterocycles. The molecule has 1 saturated heterocycles. The van der Waals surface area contributed by atoms with Crippen molar-refractivity contribution < 1.29 is 28.4 Å². The van der Waals surface area contributed by atoms with E-state index in [0.29, 0.717) is 6.42 Å². The second kappa shape index (κ2) is 15.0. The summed E-state index contributed by atoms with van der Waals surface area (Å²) in [5, 5.41) is 0. The lowest BCUT2D eigenvalue weighted by atomic mass is 9.51. The number of rotatable bonds is 8. The fourth-order valence-corrected chi connectivity index (χ4v) is 12.6. The van der Waals surface area contributed by atoms with Gasteiger partial charge < -0.3 is 33.3 Å². The summed E-state index contributed by atoms with van der Waals surface area (Å²) < 4.78 is 37.4. The molecule has 320 valence electrons. The lowest BCUT2D eigenvalue weighted by Crippen LogP contribution is -2.45. The van der Waals surface area contributed by atoms with E-state index in [9.17, 15) is 0 Å². The monoisotopic (exact) mass is 829 g/mol. The highest BCUT2D eigenvalue weighted by Crippen LogP contribution is 2.69. The van der Waals surface area contributed by atoms with Crippen LogP contribution in [-0.2, 0) is 25.2 Å². The van der Waals surface area contributed by atoms with Gasteiger partial charge in [0, 0.05) is 69.6 Å². The third-order valence-corrected chi connectivity index (χ3v) is 14.4. The molecule has 62 heavy (non-hydrogen) atoms. The first-order valence-electron chi connectivity index (χ1n) is 22.2. The van der Waals surface area contributed by atoms with Gasteiger partial charge in [0.15, 0.2) is 5.60 Å². The van der Waals surface area contributed by atoms with Crippen LogP contribution in [-0.4, -0.2) is 54.7 Å². The molecule has 4 aromatic carbocycles. The molecule has 7 nitrogen and oxygen atoms in total. The summed E-state index contributed by atoms with van der Waals surface area (Å²) >= 11 is 0. The van der Waals surface area contributed by atoms with Gasteiger partial charge in [-0.3, -0.25) is 0 Å². The predicted octanol–water partition coefficient (Wildman–Crippen LogP) is 11.6. The van der Waals surface area contributed by atoms with Crippen LogP contribution in [0.1, 0.15) is 81.2 Å². The van der Waals surface area contributed by atoms with Crippen molar-refractivity contribution in [3.05, 3.63) is 165 Å². The summed E-state index contributed by atoms with van der Waals surface area (Å²) in [4.78, 5) is 2.40. The molecule has 2 atom stereocenters. The minimum absolute atomic E-state index is 0.0121. The molecule has 0 bridgehead atoms. The molecule has 0 N–H and O–H groups in total. The van der Waals surface area contributed by atoms with Gasteiger partial charge in [-0.1, -0.05) is 82.3 Å². The number of nitrogens with zero attached hydrogens (tertiary/aromatic N) is 1. The van der Waals surface area contributed by atoms with Crippen LogP contribution in [0.15, 0.2) is 137 Å². The van der Waals surface area contributed by atoms with Crippen LogP contribution in [0.2, 0.25) is 0 Å². The van der Waals surface area contributed by atoms with Crippen molar-refractivity contribution in [1.82, 2.24) is 0 Å². The van der Waals surface area contributed by atoms with Gasteiger partial charge >= 0.3 is 0 Å². The molecule has 2 aliphatic heterocycles. The fraction of sp³-hybridized carbons (Fsp3) is 0.382. The largest absolute Gasteiger partial charge is 0.497 e. The molecule has 1 spiro atoms. The van der Waals surface area contributed by atoms with E-state index < -0.39 is 5.60 Å². The van der Waals surface area contributed by atoms with Crippen molar-refractivity contribution in [3.63, 3.8) is 0 Å². The van der Waals surface area contributed by atoms with Crippen LogP contribution in [0.4, 0.5) is 5.69 Å². The summed E-state index contributed by atoms with van der Waals surface area (Å²) in [6, 6.07) is 32.7. The highest BCUT2D eigenvalue weighted by Gasteiger charge is 2.58. The van der Waals surface area contributed by atoms with E-state index in [1.54, 1.807) is 28.4 Å². The summed E-state index contributed by atoms with van der Waals surface area (Å²) in [5.74, 6) is 4.03. The van der Waals surface area contributed by atoms with Gasteiger partial charge in [0.1, 0.15) is 28.8 Å². The average molecular weight is 830 g/mol. The van der Waals surface area contributed by atoms with Crippen LogP contribution >= 0.6 is 0 Å². The van der Waals surface area contributed by atoms with Gasteiger partial charge in [-0.25, -0.2) is 0 Å². The smallest absolute Gasteiger partial charge is 0.178 e. The summed E-state index contributed by atoms with van der Waals surface area (Å²) in [6.45, 7) is 13.1. The van der Waals surface area contributed by atoms with Crippen molar-refractivity contribution in [3.8, 4) is 17.2 Å². The minimum Gasteiger partial charge on any atom is -0.497 e. The molecule has 2 unspecified atom stereocenters. The number of allylic oxidation sites excluding steroid dienone is 7. The van der Waals surface area contributed by atoms with Crippen molar-refractivity contribution in [2.75, 3.05) is 59.6 Å². The average Bonchev–Trinajstić information content (AvgIpc) is 3.55. The van der Waals surface area contributed by atoms with E-state index in [0.717, 1.165) is 95.7 Å². The molecule has 0 aromatic heterocycles. The molecule has 2 fully saturated rings. The zero-order valence-corrected chi connectivity index (χ0v) is 37.5. The van der Waals surface area contributed by atoms with Gasteiger partial charge in [-0.2, -0.15) is 0 Å². The molecule has 6 aliphatic rings. The van der Waals surface area contributed by atoms with Gasteiger partial charge in [0.2, 0.25) is 0 Å².